The normalized spacial score (nSPS) is 15.4. The predicted octanol–water partition coefficient (Wildman–Crippen LogP) is 4.48. The zero-order valence-corrected chi connectivity index (χ0v) is 21.3. The zero-order chi connectivity index (χ0) is 26.3. The van der Waals surface area contributed by atoms with Gasteiger partial charge in [0.25, 0.3) is 5.56 Å². The number of aryl methyl sites for hydroxylation is 1. The first kappa shape index (κ1) is 25.5. The summed E-state index contributed by atoms with van der Waals surface area (Å²) >= 11 is 6.15. The molecule has 5 rings (SSSR count). The second kappa shape index (κ2) is 9.94. The molecule has 0 spiro atoms. The quantitative estimate of drug-likeness (QED) is 0.364. The summed E-state index contributed by atoms with van der Waals surface area (Å²) in [6.07, 6.45) is -2.82. The Kier molecular flexibility index (Phi) is 6.84. The Hall–Kier alpha value is -3.18. The average Bonchev–Trinajstić information content (AvgIpc) is 3.27. The molecule has 1 aliphatic heterocycles. The third-order valence-electron chi connectivity index (χ3n) is 6.69. The van der Waals surface area contributed by atoms with Gasteiger partial charge in [0.2, 0.25) is 5.78 Å². The smallest absolute Gasteiger partial charge is 0.353 e. The Morgan fingerprint density at radius 1 is 1.08 bits per heavy atom. The molecule has 12 heteroatoms. The van der Waals surface area contributed by atoms with Crippen molar-refractivity contribution in [2.24, 2.45) is 5.92 Å². The van der Waals surface area contributed by atoms with Crippen LogP contribution in [-0.2, 0) is 19.3 Å². The molecule has 1 aliphatic rings. The van der Waals surface area contributed by atoms with E-state index in [-0.39, 0.29) is 10.6 Å². The van der Waals surface area contributed by atoms with Crippen molar-refractivity contribution in [2.75, 3.05) is 31.1 Å². The number of aromatic nitrogens is 5. The summed E-state index contributed by atoms with van der Waals surface area (Å²) in [6.45, 7) is 7.68. The number of alkyl halides is 3. The van der Waals surface area contributed by atoms with Gasteiger partial charge in [0, 0.05) is 38.9 Å². The van der Waals surface area contributed by atoms with Gasteiger partial charge in [0.05, 0.1) is 28.0 Å². The van der Waals surface area contributed by atoms with Crippen LogP contribution in [0, 0.1) is 5.92 Å². The third-order valence-corrected chi connectivity index (χ3v) is 6.97. The van der Waals surface area contributed by atoms with E-state index in [9.17, 15) is 18.0 Å². The van der Waals surface area contributed by atoms with E-state index in [1.54, 1.807) is 4.57 Å². The average molecular weight is 534 g/mol. The van der Waals surface area contributed by atoms with Gasteiger partial charge in [0.1, 0.15) is 5.82 Å². The maximum Gasteiger partial charge on any atom is 0.417 e. The molecule has 0 atom stereocenters. The van der Waals surface area contributed by atoms with Crippen LogP contribution in [-0.4, -0.2) is 55.2 Å². The minimum atomic E-state index is -4.49. The second-order valence-corrected chi connectivity index (χ2v) is 10.1. The molecular weight excluding hydrogens is 507 g/mol. The van der Waals surface area contributed by atoms with Crippen LogP contribution in [0.15, 0.2) is 41.3 Å². The first-order valence-corrected chi connectivity index (χ1v) is 12.6. The molecule has 1 aromatic carbocycles. The Balaban J connectivity index is 1.38. The van der Waals surface area contributed by atoms with Crippen molar-refractivity contribution in [3.05, 3.63) is 63.3 Å². The zero-order valence-electron chi connectivity index (χ0n) is 20.5. The highest BCUT2D eigenvalue weighted by Crippen LogP contribution is 2.33. The van der Waals surface area contributed by atoms with Gasteiger partial charge in [-0.1, -0.05) is 37.6 Å². The van der Waals surface area contributed by atoms with Crippen molar-refractivity contribution < 1.29 is 13.2 Å². The highest BCUT2D eigenvalue weighted by molar-refractivity contribution is 6.33. The summed E-state index contributed by atoms with van der Waals surface area (Å²) in [5.41, 5.74) is -0.169. The molecule has 4 heterocycles. The molecule has 0 amide bonds. The van der Waals surface area contributed by atoms with Gasteiger partial charge in [-0.2, -0.15) is 13.2 Å². The molecule has 196 valence electrons. The molecule has 37 heavy (non-hydrogen) atoms. The molecule has 0 unspecified atom stereocenters. The number of benzene rings is 1. The molecule has 0 saturated carbocycles. The fourth-order valence-electron chi connectivity index (χ4n) is 4.64. The molecule has 0 aliphatic carbocycles. The summed E-state index contributed by atoms with van der Waals surface area (Å²) < 4.78 is 42.5. The largest absolute Gasteiger partial charge is 0.417 e. The Morgan fingerprint density at radius 2 is 1.81 bits per heavy atom. The van der Waals surface area contributed by atoms with Crippen LogP contribution in [0.3, 0.4) is 0 Å². The number of pyridine rings is 1. The van der Waals surface area contributed by atoms with Gasteiger partial charge in [-0.05, 0) is 30.5 Å². The van der Waals surface area contributed by atoms with Gasteiger partial charge in [-0.25, -0.2) is 4.98 Å². The monoisotopic (exact) mass is 533 g/mol. The SMILES string of the molecule is CC(C)CCn1c(=O)c2ccccc2n2c(CN3CCN(c4ncc(C(F)(F)F)cc4Cl)CC3)nnc12. The van der Waals surface area contributed by atoms with E-state index < -0.39 is 11.7 Å². The maximum atomic E-state index is 13.2. The van der Waals surface area contributed by atoms with Gasteiger partial charge < -0.3 is 4.90 Å². The topological polar surface area (TPSA) is 71.6 Å². The van der Waals surface area contributed by atoms with E-state index >= 15 is 0 Å². The number of hydrogen-bond acceptors (Lipinski definition) is 6. The highest BCUT2D eigenvalue weighted by atomic mass is 35.5. The van der Waals surface area contributed by atoms with Crippen LogP contribution < -0.4 is 10.5 Å². The van der Waals surface area contributed by atoms with E-state index in [0.29, 0.717) is 62.2 Å². The lowest BCUT2D eigenvalue weighted by molar-refractivity contribution is -0.137. The Morgan fingerprint density at radius 3 is 2.49 bits per heavy atom. The van der Waals surface area contributed by atoms with E-state index in [2.05, 4.69) is 33.9 Å². The summed E-state index contributed by atoms with van der Waals surface area (Å²) in [5.74, 6) is 2.04. The molecular formula is C25H27ClF3N7O. The van der Waals surface area contributed by atoms with Crippen molar-refractivity contribution >= 4 is 34.1 Å². The summed E-state index contributed by atoms with van der Waals surface area (Å²) in [5, 5.41) is 9.45. The van der Waals surface area contributed by atoms with Crippen molar-refractivity contribution in [3.8, 4) is 0 Å². The van der Waals surface area contributed by atoms with Crippen LogP contribution in [0.4, 0.5) is 19.0 Å². The Bertz CT molecular complexity index is 1490. The van der Waals surface area contributed by atoms with Gasteiger partial charge in [-0.15, -0.1) is 10.2 Å². The molecule has 0 N–H and O–H groups in total. The van der Waals surface area contributed by atoms with Crippen LogP contribution >= 0.6 is 11.6 Å². The first-order chi connectivity index (χ1) is 17.6. The van der Waals surface area contributed by atoms with E-state index in [1.807, 2.05) is 33.6 Å². The van der Waals surface area contributed by atoms with Crippen LogP contribution in [0.5, 0.6) is 0 Å². The molecule has 4 aromatic rings. The lowest BCUT2D eigenvalue weighted by atomic mass is 10.1. The van der Waals surface area contributed by atoms with Crippen molar-refractivity contribution in [1.29, 1.82) is 0 Å². The van der Waals surface area contributed by atoms with Crippen LogP contribution in [0.25, 0.3) is 16.7 Å². The number of para-hydroxylation sites is 1. The first-order valence-electron chi connectivity index (χ1n) is 12.2. The lowest BCUT2D eigenvalue weighted by Crippen LogP contribution is -2.46. The van der Waals surface area contributed by atoms with Crippen molar-refractivity contribution in [3.63, 3.8) is 0 Å². The standard InChI is InChI=1S/C25H27ClF3N7O/c1-16(2)7-8-35-23(37)18-5-3-4-6-20(18)36-21(31-32-24(35)36)15-33-9-11-34(12-10-33)22-19(26)13-17(14-30-22)25(27,28)29/h3-6,13-14,16H,7-12,15H2,1-2H3. The van der Waals surface area contributed by atoms with E-state index in [4.69, 9.17) is 11.6 Å². The molecule has 8 nitrogen and oxygen atoms in total. The number of nitrogens with zero attached hydrogens (tertiary/aromatic N) is 7. The molecule has 1 saturated heterocycles. The van der Waals surface area contributed by atoms with Crippen molar-refractivity contribution in [1.82, 2.24) is 29.0 Å². The third kappa shape index (κ3) is 5.02. The predicted molar refractivity (Wildman–Crippen MR) is 136 cm³/mol. The van der Waals surface area contributed by atoms with Gasteiger partial charge in [-0.3, -0.25) is 18.7 Å². The number of anilines is 1. The fourth-order valence-corrected chi connectivity index (χ4v) is 4.93. The number of rotatable bonds is 6. The molecule has 1 fully saturated rings. The lowest BCUT2D eigenvalue weighted by Gasteiger charge is -2.35. The minimum Gasteiger partial charge on any atom is -0.353 e. The summed E-state index contributed by atoms with van der Waals surface area (Å²) in [4.78, 5) is 21.3. The van der Waals surface area contributed by atoms with Crippen LogP contribution in [0.1, 0.15) is 31.7 Å². The molecule has 0 radical (unpaired) electrons. The minimum absolute atomic E-state index is 0.0161. The number of fused-ring (bicyclic) bond motifs is 3. The summed E-state index contributed by atoms with van der Waals surface area (Å²) in [6, 6.07) is 8.39. The Labute approximate surface area is 216 Å². The number of piperazine rings is 1. The fraction of sp³-hybridized carbons (Fsp3) is 0.440. The highest BCUT2D eigenvalue weighted by Gasteiger charge is 2.32. The van der Waals surface area contributed by atoms with Gasteiger partial charge >= 0.3 is 6.18 Å². The second-order valence-electron chi connectivity index (χ2n) is 9.70. The van der Waals surface area contributed by atoms with Crippen LogP contribution in [0.2, 0.25) is 5.02 Å². The van der Waals surface area contributed by atoms with E-state index in [1.165, 1.54) is 0 Å². The summed E-state index contributed by atoms with van der Waals surface area (Å²) in [7, 11) is 0. The number of hydrogen-bond donors (Lipinski definition) is 0. The number of halogens is 4. The van der Waals surface area contributed by atoms with Crippen molar-refractivity contribution in [2.45, 2.75) is 39.5 Å². The maximum absolute atomic E-state index is 13.2. The van der Waals surface area contributed by atoms with E-state index in [0.717, 1.165) is 30.0 Å². The molecule has 0 bridgehead atoms. The van der Waals surface area contributed by atoms with Gasteiger partial charge in [0.15, 0.2) is 5.82 Å². The molecule has 3 aromatic heterocycles.